The fourth-order valence-corrected chi connectivity index (χ4v) is 6.21. The number of aryl methyl sites for hydroxylation is 1. The summed E-state index contributed by atoms with van der Waals surface area (Å²) < 4.78 is 5.55. The van der Waals surface area contributed by atoms with Gasteiger partial charge in [-0.15, -0.1) is 0 Å². The van der Waals surface area contributed by atoms with Crippen molar-refractivity contribution in [2.75, 3.05) is 60.3 Å². The van der Waals surface area contributed by atoms with Crippen molar-refractivity contribution in [2.45, 2.75) is 13.3 Å². The summed E-state index contributed by atoms with van der Waals surface area (Å²) in [6.45, 7) is 8.30. The van der Waals surface area contributed by atoms with Gasteiger partial charge in [0.15, 0.2) is 22.5 Å². The Hall–Kier alpha value is -5.01. The van der Waals surface area contributed by atoms with E-state index in [1.54, 1.807) is 35.2 Å². The molecule has 2 aliphatic heterocycles. The Labute approximate surface area is 274 Å². The Kier molecular flexibility index (Phi) is 8.86. The Morgan fingerprint density at radius 3 is 2.57 bits per heavy atom. The second kappa shape index (κ2) is 13.2. The quantitative estimate of drug-likeness (QED) is 0.185. The lowest BCUT2D eigenvalue weighted by Crippen LogP contribution is -2.50. The predicted octanol–water partition coefficient (Wildman–Crippen LogP) is 5.14. The van der Waals surface area contributed by atoms with Gasteiger partial charge in [-0.2, -0.15) is 0 Å². The van der Waals surface area contributed by atoms with Gasteiger partial charge < -0.3 is 30.1 Å². The molecule has 3 aromatic heterocycles. The standard InChI is InChI=1S/C32H31ClN8O4S/c1-4-26(42)39-12-14-40(15-13-39)30-23(41-11-10-27(41)43)16-20(17-34-30)22-8-9-24(45-3)29(36-22)38-32-35-18-25(46-32)31(44)37-28-19(2)6-5-7-21(28)33/h4-9,16-18H,1,10-15H2,2-3H3,(H,37,44)(H,35,36,38). The summed E-state index contributed by atoms with van der Waals surface area (Å²) in [6.07, 6.45) is 5.01. The minimum absolute atomic E-state index is 0.0269. The monoisotopic (exact) mass is 658 g/mol. The molecule has 1 aromatic carbocycles. The maximum absolute atomic E-state index is 13.0. The highest BCUT2D eigenvalue weighted by atomic mass is 35.5. The number of ether oxygens (including phenoxy) is 1. The SMILES string of the molecule is C=CC(=O)N1CCN(c2ncc(-c3ccc(OC)c(Nc4ncc(C(=O)Nc5c(C)cccc5Cl)s4)n3)cc2N2CCC2=O)CC1. The van der Waals surface area contributed by atoms with Crippen LogP contribution in [-0.2, 0) is 9.59 Å². The van der Waals surface area contributed by atoms with Crippen LogP contribution in [0.25, 0.3) is 11.3 Å². The summed E-state index contributed by atoms with van der Waals surface area (Å²) in [7, 11) is 1.54. The van der Waals surface area contributed by atoms with Gasteiger partial charge >= 0.3 is 0 Å². The summed E-state index contributed by atoms with van der Waals surface area (Å²) in [5, 5.41) is 6.93. The number of methoxy groups -OCH3 is 1. The van der Waals surface area contributed by atoms with Crippen LogP contribution >= 0.6 is 22.9 Å². The predicted molar refractivity (Wildman–Crippen MR) is 180 cm³/mol. The van der Waals surface area contributed by atoms with Crippen molar-refractivity contribution in [1.29, 1.82) is 0 Å². The molecule has 0 spiro atoms. The summed E-state index contributed by atoms with van der Waals surface area (Å²) in [4.78, 5) is 57.5. The zero-order chi connectivity index (χ0) is 32.4. The van der Waals surface area contributed by atoms with Crippen LogP contribution < -0.4 is 25.2 Å². The summed E-state index contributed by atoms with van der Waals surface area (Å²) in [5.41, 5.74) is 3.41. The molecule has 0 aliphatic carbocycles. The zero-order valence-corrected chi connectivity index (χ0v) is 26.8. The summed E-state index contributed by atoms with van der Waals surface area (Å²) in [5.74, 6) is 1.17. The van der Waals surface area contributed by atoms with Crippen LogP contribution in [0.3, 0.4) is 0 Å². The van der Waals surface area contributed by atoms with E-state index in [2.05, 4.69) is 27.1 Å². The molecule has 0 bridgehead atoms. The molecule has 2 saturated heterocycles. The van der Waals surface area contributed by atoms with Gasteiger partial charge in [-0.05, 0) is 42.8 Å². The first-order chi connectivity index (χ1) is 22.2. The number of aromatic nitrogens is 3. The van der Waals surface area contributed by atoms with Crippen molar-refractivity contribution in [3.05, 3.63) is 76.9 Å². The molecule has 2 N–H and O–H groups in total. The third-order valence-corrected chi connectivity index (χ3v) is 9.07. The highest BCUT2D eigenvalue weighted by Crippen LogP contribution is 2.37. The second-order valence-corrected chi connectivity index (χ2v) is 12.1. The maximum atomic E-state index is 13.0. The number of thiazole rings is 1. The van der Waals surface area contributed by atoms with E-state index in [0.717, 1.165) is 16.9 Å². The average molecular weight is 659 g/mol. The summed E-state index contributed by atoms with van der Waals surface area (Å²) in [6, 6.07) is 10.9. The maximum Gasteiger partial charge on any atom is 0.267 e. The highest BCUT2D eigenvalue weighted by molar-refractivity contribution is 7.17. The summed E-state index contributed by atoms with van der Waals surface area (Å²) >= 11 is 7.44. The molecule has 4 aromatic rings. The fraction of sp³-hybridized carbons (Fsp3) is 0.250. The van der Waals surface area contributed by atoms with Gasteiger partial charge in [0.25, 0.3) is 5.91 Å². The molecular formula is C32H31ClN8O4S. The molecule has 2 fully saturated rings. The van der Waals surface area contributed by atoms with Crippen molar-refractivity contribution < 1.29 is 19.1 Å². The van der Waals surface area contributed by atoms with E-state index in [-0.39, 0.29) is 17.7 Å². The fourth-order valence-electron chi connectivity index (χ4n) is 5.23. The third kappa shape index (κ3) is 6.24. The van der Waals surface area contributed by atoms with Crippen LogP contribution in [-0.4, -0.2) is 77.4 Å². The number of piperazine rings is 1. The Bertz CT molecular complexity index is 1820. The van der Waals surface area contributed by atoms with Crippen LogP contribution in [0.2, 0.25) is 5.02 Å². The Morgan fingerprint density at radius 2 is 1.89 bits per heavy atom. The number of rotatable bonds is 9. The molecule has 236 valence electrons. The van der Waals surface area contributed by atoms with Crippen molar-refractivity contribution >= 4 is 68.8 Å². The van der Waals surface area contributed by atoms with Gasteiger partial charge in [0, 0.05) is 50.9 Å². The van der Waals surface area contributed by atoms with Crippen molar-refractivity contribution in [3.8, 4) is 17.0 Å². The number of hydrogen-bond donors (Lipinski definition) is 2. The van der Waals surface area contributed by atoms with E-state index in [9.17, 15) is 14.4 Å². The van der Waals surface area contributed by atoms with E-state index in [1.165, 1.54) is 12.3 Å². The number of hydrogen-bond acceptors (Lipinski definition) is 10. The first kappa shape index (κ1) is 31.0. The molecule has 6 rings (SSSR count). The molecule has 0 atom stereocenters. The van der Waals surface area contributed by atoms with Crippen molar-refractivity contribution in [2.24, 2.45) is 0 Å². The molecule has 2 aliphatic rings. The van der Waals surface area contributed by atoms with Crippen LogP contribution in [0.4, 0.5) is 28.1 Å². The van der Waals surface area contributed by atoms with Crippen LogP contribution in [0.5, 0.6) is 5.75 Å². The molecule has 14 heteroatoms. The normalized spacial score (nSPS) is 14.5. The number of nitrogens with zero attached hydrogens (tertiary/aromatic N) is 6. The van der Waals surface area contributed by atoms with E-state index in [0.29, 0.717) is 94.2 Å². The van der Waals surface area contributed by atoms with Gasteiger partial charge in [-0.1, -0.05) is 41.6 Å². The number of carbonyl (C=O) groups excluding carboxylic acids is 3. The molecule has 0 radical (unpaired) electrons. The zero-order valence-electron chi connectivity index (χ0n) is 25.2. The lowest BCUT2D eigenvalue weighted by Gasteiger charge is -2.38. The molecule has 46 heavy (non-hydrogen) atoms. The van der Waals surface area contributed by atoms with Gasteiger partial charge in [0.1, 0.15) is 4.88 Å². The van der Waals surface area contributed by atoms with E-state index < -0.39 is 0 Å². The Balaban J connectivity index is 1.24. The minimum Gasteiger partial charge on any atom is -0.493 e. The number of carbonyl (C=O) groups is 3. The molecular weight excluding hydrogens is 628 g/mol. The number of halogens is 1. The third-order valence-electron chi connectivity index (χ3n) is 7.84. The van der Waals surface area contributed by atoms with Gasteiger partial charge in [0.05, 0.1) is 35.4 Å². The van der Waals surface area contributed by atoms with Gasteiger partial charge in [0.2, 0.25) is 11.8 Å². The number of nitrogens with one attached hydrogen (secondary N) is 2. The average Bonchev–Trinajstić information content (AvgIpc) is 3.54. The topological polar surface area (TPSA) is 133 Å². The van der Waals surface area contributed by atoms with Gasteiger partial charge in [-0.3, -0.25) is 14.4 Å². The molecule has 3 amide bonds. The lowest BCUT2D eigenvalue weighted by molar-refractivity contribution is -0.126. The first-order valence-corrected chi connectivity index (χ1v) is 15.8. The molecule has 0 saturated carbocycles. The first-order valence-electron chi connectivity index (χ1n) is 14.6. The van der Waals surface area contributed by atoms with Crippen LogP contribution in [0.15, 0.2) is 61.4 Å². The largest absolute Gasteiger partial charge is 0.493 e. The van der Waals surface area contributed by atoms with E-state index in [1.807, 2.05) is 31.2 Å². The molecule has 0 unspecified atom stereocenters. The van der Waals surface area contributed by atoms with E-state index in [4.69, 9.17) is 26.3 Å². The van der Waals surface area contributed by atoms with E-state index >= 15 is 0 Å². The smallest absolute Gasteiger partial charge is 0.267 e. The highest BCUT2D eigenvalue weighted by Gasteiger charge is 2.31. The van der Waals surface area contributed by atoms with Crippen molar-refractivity contribution in [1.82, 2.24) is 19.9 Å². The van der Waals surface area contributed by atoms with Crippen LogP contribution in [0, 0.1) is 6.92 Å². The minimum atomic E-state index is -0.330. The molecule has 5 heterocycles. The number of anilines is 5. The van der Waals surface area contributed by atoms with Crippen LogP contribution in [0.1, 0.15) is 21.7 Å². The molecule has 12 nitrogen and oxygen atoms in total. The van der Waals surface area contributed by atoms with Crippen molar-refractivity contribution in [3.63, 3.8) is 0 Å². The second-order valence-electron chi connectivity index (χ2n) is 10.7. The number of β-lactam (4-membered cyclic amide) rings is 1. The Morgan fingerprint density at radius 1 is 1.09 bits per heavy atom. The number of para-hydroxylation sites is 1. The number of amides is 3. The number of pyridine rings is 2. The number of benzene rings is 1. The van der Waals surface area contributed by atoms with Gasteiger partial charge in [-0.25, -0.2) is 15.0 Å². The lowest BCUT2D eigenvalue weighted by atomic mass is 10.1.